The van der Waals surface area contributed by atoms with Gasteiger partial charge in [0.2, 0.25) is 11.8 Å². The molecule has 1 aliphatic carbocycles. The Hall–Kier alpha value is -2.66. The molecule has 0 radical (unpaired) electrons. The lowest BCUT2D eigenvalue weighted by Gasteiger charge is -2.31. The van der Waals surface area contributed by atoms with E-state index in [-0.39, 0.29) is 11.8 Å². The lowest BCUT2D eigenvalue weighted by Crippen LogP contribution is -2.52. The quantitative estimate of drug-likeness (QED) is 0.832. The highest BCUT2D eigenvalue weighted by Gasteiger charge is 2.35. The molecule has 1 saturated carbocycles. The Morgan fingerprint density at radius 3 is 2.45 bits per heavy atom. The maximum atomic E-state index is 12.9. The van der Waals surface area contributed by atoms with Gasteiger partial charge >= 0.3 is 0 Å². The average molecular weight is 392 g/mol. The number of anilines is 2. The number of aryl methyl sites for hydroxylation is 1. The Labute approximate surface area is 172 Å². The van der Waals surface area contributed by atoms with E-state index in [1.807, 2.05) is 47.4 Å². The number of nitrogens with one attached hydrogen (secondary N) is 1. The molecule has 0 atom stereocenters. The highest BCUT2D eigenvalue weighted by atomic mass is 16.2. The summed E-state index contributed by atoms with van der Waals surface area (Å²) in [6.45, 7) is 0.766. The van der Waals surface area contributed by atoms with Gasteiger partial charge in [-0.1, -0.05) is 49.6 Å². The SMILES string of the molecule is NC1(C(=O)Nc2ccc(CC(=O)N3CCCc4ccccc43)cc2)CCCCC1. The van der Waals surface area contributed by atoms with Crippen molar-refractivity contribution in [1.29, 1.82) is 0 Å². The topological polar surface area (TPSA) is 75.4 Å². The van der Waals surface area contributed by atoms with Crippen molar-refractivity contribution in [2.24, 2.45) is 5.73 Å². The molecule has 0 saturated heterocycles. The van der Waals surface area contributed by atoms with Gasteiger partial charge in [-0.3, -0.25) is 9.59 Å². The third-order valence-corrected chi connectivity index (χ3v) is 6.18. The molecule has 29 heavy (non-hydrogen) atoms. The van der Waals surface area contributed by atoms with Gasteiger partial charge in [0.1, 0.15) is 0 Å². The van der Waals surface area contributed by atoms with Crippen molar-refractivity contribution < 1.29 is 9.59 Å². The van der Waals surface area contributed by atoms with Crippen LogP contribution in [-0.2, 0) is 22.4 Å². The highest BCUT2D eigenvalue weighted by molar-refractivity contribution is 5.98. The minimum absolute atomic E-state index is 0.106. The fraction of sp³-hybridized carbons (Fsp3) is 0.417. The predicted molar refractivity (Wildman–Crippen MR) is 116 cm³/mol. The summed E-state index contributed by atoms with van der Waals surface area (Å²) in [7, 11) is 0. The number of nitrogens with zero attached hydrogens (tertiary/aromatic N) is 1. The normalized spacial score (nSPS) is 18.0. The molecular formula is C24H29N3O2. The standard InChI is InChI=1S/C24H29N3O2/c25-24(14-4-1-5-15-24)23(29)26-20-12-10-18(11-13-20)17-22(28)27-16-6-8-19-7-2-3-9-21(19)27/h2-3,7,9-13H,1,4-6,8,14-17,25H2,(H,26,29). The number of hydrogen-bond donors (Lipinski definition) is 2. The van der Waals surface area contributed by atoms with Gasteiger partial charge in [0.05, 0.1) is 12.0 Å². The van der Waals surface area contributed by atoms with E-state index in [0.717, 1.165) is 68.4 Å². The van der Waals surface area contributed by atoms with Crippen LogP contribution in [0.3, 0.4) is 0 Å². The molecule has 3 N–H and O–H groups in total. The lowest BCUT2D eigenvalue weighted by atomic mass is 9.82. The molecule has 0 spiro atoms. The first-order chi connectivity index (χ1) is 14.0. The van der Waals surface area contributed by atoms with Crippen LogP contribution in [0.25, 0.3) is 0 Å². The van der Waals surface area contributed by atoms with Crippen molar-refractivity contribution in [3.05, 3.63) is 59.7 Å². The Bertz CT molecular complexity index is 885. The average Bonchev–Trinajstić information content (AvgIpc) is 2.75. The van der Waals surface area contributed by atoms with E-state index >= 15 is 0 Å². The number of rotatable bonds is 4. The van der Waals surface area contributed by atoms with Gasteiger partial charge in [-0.05, 0) is 55.0 Å². The highest BCUT2D eigenvalue weighted by Crippen LogP contribution is 2.28. The van der Waals surface area contributed by atoms with Crippen LogP contribution in [-0.4, -0.2) is 23.9 Å². The molecular weight excluding hydrogens is 362 g/mol. The van der Waals surface area contributed by atoms with E-state index in [1.54, 1.807) is 0 Å². The molecule has 4 rings (SSSR count). The molecule has 2 aromatic carbocycles. The summed E-state index contributed by atoms with van der Waals surface area (Å²) >= 11 is 0. The maximum absolute atomic E-state index is 12.9. The molecule has 1 heterocycles. The van der Waals surface area contributed by atoms with Crippen molar-refractivity contribution in [2.75, 3.05) is 16.8 Å². The summed E-state index contributed by atoms with van der Waals surface area (Å²) < 4.78 is 0. The summed E-state index contributed by atoms with van der Waals surface area (Å²) in [5.41, 5.74) is 9.49. The first kappa shape index (κ1) is 19.6. The fourth-order valence-electron chi connectivity index (χ4n) is 4.43. The Balaban J connectivity index is 1.39. The van der Waals surface area contributed by atoms with Crippen molar-refractivity contribution in [3.63, 3.8) is 0 Å². The number of nitrogens with two attached hydrogens (primary N) is 1. The van der Waals surface area contributed by atoms with Crippen LogP contribution in [0.1, 0.15) is 49.7 Å². The summed E-state index contributed by atoms with van der Waals surface area (Å²) in [4.78, 5) is 27.4. The monoisotopic (exact) mass is 391 g/mol. The van der Waals surface area contributed by atoms with E-state index in [2.05, 4.69) is 11.4 Å². The van der Waals surface area contributed by atoms with Gasteiger partial charge in [-0.25, -0.2) is 0 Å². The molecule has 0 aromatic heterocycles. The molecule has 0 unspecified atom stereocenters. The first-order valence-corrected chi connectivity index (χ1v) is 10.6. The molecule has 1 aliphatic heterocycles. The summed E-state index contributed by atoms with van der Waals surface area (Å²) in [6.07, 6.45) is 7.01. The smallest absolute Gasteiger partial charge is 0.244 e. The third-order valence-electron chi connectivity index (χ3n) is 6.18. The zero-order chi connectivity index (χ0) is 20.3. The van der Waals surface area contributed by atoms with Crippen molar-refractivity contribution in [1.82, 2.24) is 0 Å². The zero-order valence-corrected chi connectivity index (χ0v) is 16.8. The van der Waals surface area contributed by atoms with Crippen LogP contribution in [0.4, 0.5) is 11.4 Å². The summed E-state index contributed by atoms with van der Waals surface area (Å²) in [6, 6.07) is 15.7. The van der Waals surface area contributed by atoms with Gasteiger partial charge < -0.3 is 16.0 Å². The number of fused-ring (bicyclic) bond motifs is 1. The van der Waals surface area contributed by atoms with E-state index in [9.17, 15) is 9.59 Å². The molecule has 0 bridgehead atoms. The van der Waals surface area contributed by atoms with E-state index < -0.39 is 5.54 Å². The van der Waals surface area contributed by atoms with Crippen LogP contribution in [0.15, 0.2) is 48.5 Å². The number of para-hydroxylation sites is 1. The second-order valence-electron chi connectivity index (χ2n) is 8.32. The fourth-order valence-corrected chi connectivity index (χ4v) is 4.43. The van der Waals surface area contributed by atoms with Crippen LogP contribution < -0.4 is 16.0 Å². The van der Waals surface area contributed by atoms with Crippen molar-refractivity contribution in [3.8, 4) is 0 Å². The number of carbonyl (C=O) groups is 2. The van der Waals surface area contributed by atoms with Gasteiger partial charge in [0, 0.05) is 17.9 Å². The van der Waals surface area contributed by atoms with Crippen molar-refractivity contribution >= 4 is 23.2 Å². The third kappa shape index (κ3) is 4.35. The largest absolute Gasteiger partial charge is 0.324 e. The minimum atomic E-state index is -0.755. The molecule has 1 fully saturated rings. The number of amides is 2. The molecule has 5 nitrogen and oxygen atoms in total. The van der Waals surface area contributed by atoms with Gasteiger partial charge in [0.25, 0.3) is 0 Å². The molecule has 2 aliphatic rings. The van der Waals surface area contributed by atoms with Gasteiger partial charge in [0.15, 0.2) is 0 Å². The molecule has 2 amide bonds. The van der Waals surface area contributed by atoms with Gasteiger partial charge in [-0.15, -0.1) is 0 Å². The maximum Gasteiger partial charge on any atom is 0.244 e. The Morgan fingerprint density at radius 1 is 0.966 bits per heavy atom. The van der Waals surface area contributed by atoms with E-state index in [0.29, 0.717) is 6.42 Å². The first-order valence-electron chi connectivity index (χ1n) is 10.6. The number of carbonyl (C=O) groups excluding carboxylic acids is 2. The van der Waals surface area contributed by atoms with E-state index in [1.165, 1.54) is 5.56 Å². The van der Waals surface area contributed by atoms with Crippen molar-refractivity contribution in [2.45, 2.75) is 56.9 Å². The van der Waals surface area contributed by atoms with Crippen LogP contribution in [0.2, 0.25) is 0 Å². The number of hydrogen-bond acceptors (Lipinski definition) is 3. The Morgan fingerprint density at radius 2 is 1.69 bits per heavy atom. The molecule has 2 aromatic rings. The van der Waals surface area contributed by atoms with Crippen LogP contribution >= 0.6 is 0 Å². The van der Waals surface area contributed by atoms with Crippen LogP contribution in [0, 0.1) is 0 Å². The Kier molecular flexibility index (Phi) is 5.67. The minimum Gasteiger partial charge on any atom is -0.324 e. The van der Waals surface area contributed by atoms with Crippen LogP contribution in [0.5, 0.6) is 0 Å². The van der Waals surface area contributed by atoms with Gasteiger partial charge in [-0.2, -0.15) is 0 Å². The number of benzene rings is 2. The summed E-state index contributed by atoms with van der Waals surface area (Å²) in [5, 5.41) is 2.95. The predicted octanol–water partition coefficient (Wildman–Crippen LogP) is 3.81. The lowest BCUT2D eigenvalue weighted by molar-refractivity contribution is -0.122. The summed E-state index contributed by atoms with van der Waals surface area (Å²) in [5.74, 6) is 0.00278. The molecule has 5 heteroatoms. The molecule has 152 valence electrons. The zero-order valence-electron chi connectivity index (χ0n) is 16.8. The second kappa shape index (κ2) is 8.37. The second-order valence-corrected chi connectivity index (χ2v) is 8.32. The van der Waals surface area contributed by atoms with E-state index in [4.69, 9.17) is 5.73 Å².